The number of hydrogen-bond acceptors (Lipinski definition) is 2. The molecule has 1 atom stereocenters. The van der Waals surface area contributed by atoms with E-state index in [1.54, 1.807) is 6.07 Å². The van der Waals surface area contributed by atoms with Crippen molar-refractivity contribution in [2.45, 2.75) is 58.5 Å². The molecule has 0 radical (unpaired) electrons. The summed E-state index contributed by atoms with van der Waals surface area (Å²) in [5.74, 6) is 0. The number of rotatable bonds is 4. The summed E-state index contributed by atoms with van der Waals surface area (Å²) < 4.78 is 8.27. The molecule has 0 saturated heterocycles. The van der Waals surface area contributed by atoms with Crippen molar-refractivity contribution in [1.82, 2.24) is 9.78 Å². The van der Waals surface area contributed by atoms with Crippen molar-refractivity contribution in [2.75, 3.05) is 0 Å². The van der Waals surface area contributed by atoms with E-state index in [0.29, 0.717) is 16.6 Å². The van der Waals surface area contributed by atoms with Crippen LogP contribution in [-0.4, -0.2) is 24.2 Å². The van der Waals surface area contributed by atoms with Gasteiger partial charge in [0, 0.05) is 16.6 Å². The van der Waals surface area contributed by atoms with Crippen LogP contribution < -0.4 is 0 Å². The number of nitrogens with zero attached hydrogens (tertiary/aromatic N) is 2. The number of fused-ring (bicyclic) bond motifs is 1. The maximum atomic E-state index is 6.38. The predicted octanol–water partition coefficient (Wildman–Crippen LogP) is 5.75. The van der Waals surface area contributed by atoms with Crippen LogP contribution in [0.4, 0.5) is 0 Å². The van der Waals surface area contributed by atoms with E-state index in [1.165, 1.54) is 0 Å². The summed E-state index contributed by atoms with van der Waals surface area (Å²) in [6.07, 6.45) is 2.06. The molecular weight excluding hydrogens is 335 g/mol. The molecule has 0 saturated carbocycles. The second-order valence-electron chi connectivity index (χ2n) is 7.36. The highest BCUT2D eigenvalue weighted by molar-refractivity contribution is 6.74. The van der Waals surface area contributed by atoms with E-state index in [4.69, 9.17) is 27.6 Å². The number of halogens is 2. The maximum absolute atomic E-state index is 6.38. The second kappa shape index (κ2) is 6.15. The molecule has 22 heavy (non-hydrogen) atoms. The van der Waals surface area contributed by atoms with Crippen molar-refractivity contribution in [2.24, 2.45) is 0 Å². The molecule has 0 aliphatic carbocycles. The molecule has 2 rings (SSSR count). The van der Waals surface area contributed by atoms with Gasteiger partial charge in [0.1, 0.15) is 0 Å². The quantitative estimate of drug-likeness (QED) is 0.650. The van der Waals surface area contributed by atoms with Crippen LogP contribution in [0.1, 0.15) is 27.7 Å². The minimum Gasteiger partial charge on any atom is -0.412 e. The molecule has 0 N–H and O–H groups in total. The smallest absolute Gasteiger partial charge is 0.192 e. The Balaban J connectivity index is 2.16. The van der Waals surface area contributed by atoms with Crippen LogP contribution in [0.3, 0.4) is 0 Å². The normalized spacial score (nSPS) is 14.5. The second-order valence-corrected chi connectivity index (χ2v) is 13.0. The first-order chi connectivity index (χ1) is 9.99. The van der Waals surface area contributed by atoms with Crippen molar-refractivity contribution >= 4 is 42.4 Å². The highest BCUT2D eigenvalue weighted by Crippen LogP contribution is 2.37. The lowest BCUT2D eigenvalue weighted by atomic mass is 10.2. The highest BCUT2D eigenvalue weighted by Gasteiger charge is 2.38. The Morgan fingerprint density at radius 1 is 1.27 bits per heavy atom. The van der Waals surface area contributed by atoms with Crippen LogP contribution in [0, 0.1) is 0 Å². The summed E-state index contributed by atoms with van der Waals surface area (Å²) in [6.45, 7) is 14.1. The molecular formula is C16H24Cl2N2OSi. The van der Waals surface area contributed by atoms with Crippen LogP contribution >= 0.6 is 23.2 Å². The number of hydrogen-bond donors (Lipinski definition) is 0. The fraction of sp³-hybridized carbons (Fsp3) is 0.562. The topological polar surface area (TPSA) is 27.1 Å². The zero-order valence-electron chi connectivity index (χ0n) is 14.1. The third-order valence-electron chi connectivity index (χ3n) is 4.33. The molecule has 1 aromatic carbocycles. The minimum atomic E-state index is -1.77. The molecule has 0 spiro atoms. The molecule has 1 aromatic heterocycles. The molecule has 6 heteroatoms. The van der Waals surface area contributed by atoms with Crippen LogP contribution in [0.5, 0.6) is 0 Å². The average molecular weight is 359 g/mol. The van der Waals surface area contributed by atoms with Crippen LogP contribution in [-0.2, 0) is 11.0 Å². The predicted molar refractivity (Wildman–Crippen MR) is 97.5 cm³/mol. The third kappa shape index (κ3) is 3.85. The van der Waals surface area contributed by atoms with Crippen LogP contribution in [0.25, 0.3) is 10.9 Å². The average Bonchev–Trinajstić information content (AvgIpc) is 2.68. The zero-order valence-corrected chi connectivity index (χ0v) is 16.6. The minimum absolute atomic E-state index is 0.101. The van der Waals surface area contributed by atoms with Crippen LogP contribution in [0.2, 0.25) is 28.2 Å². The van der Waals surface area contributed by atoms with Gasteiger partial charge in [-0.05, 0) is 37.2 Å². The molecule has 0 aliphatic rings. The van der Waals surface area contributed by atoms with Gasteiger partial charge in [-0.25, -0.2) is 0 Å². The lowest BCUT2D eigenvalue weighted by Gasteiger charge is -2.38. The lowest BCUT2D eigenvalue weighted by molar-refractivity contribution is 0.174. The SMILES string of the molecule is CC(Cn1cc2c(Cl)cc(Cl)cc2n1)O[Si](C)(C)C(C)(C)C. The van der Waals surface area contributed by atoms with Gasteiger partial charge in [-0.1, -0.05) is 44.0 Å². The van der Waals surface area contributed by atoms with Crippen molar-refractivity contribution in [3.05, 3.63) is 28.4 Å². The Hall–Kier alpha value is -0.553. The van der Waals surface area contributed by atoms with Gasteiger partial charge in [0.05, 0.1) is 23.2 Å². The molecule has 0 bridgehead atoms. The molecule has 3 nitrogen and oxygen atoms in total. The summed E-state index contributed by atoms with van der Waals surface area (Å²) in [5.41, 5.74) is 0.817. The van der Waals surface area contributed by atoms with Gasteiger partial charge in [0.25, 0.3) is 0 Å². The maximum Gasteiger partial charge on any atom is 0.192 e. The van der Waals surface area contributed by atoms with Crippen LogP contribution in [0.15, 0.2) is 18.3 Å². The summed E-state index contributed by atoms with van der Waals surface area (Å²) in [5, 5.41) is 6.91. The molecule has 122 valence electrons. The molecule has 1 unspecified atom stereocenters. The lowest BCUT2D eigenvalue weighted by Crippen LogP contribution is -2.44. The number of benzene rings is 1. The fourth-order valence-corrected chi connectivity index (χ4v) is 4.14. The van der Waals surface area contributed by atoms with Gasteiger partial charge >= 0.3 is 0 Å². The summed E-state index contributed by atoms with van der Waals surface area (Å²) >= 11 is 12.2. The Bertz CT molecular complexity index is 677. The third-order valence-corrected chi connectivity index (χ3v) is 9.47. The van der Waals surface area contributed by atoms with Gasteiger partial charge in [-0.15, -0.1) is 0 Å². The van der Waals surface area contributed by atoms with Crippen molar-refractivity contribution in [3.8, 4) is 0 Å². The Kier molecular flexibility index (Phi) is 4.98. The molecule has 0 aliphatic heterocycles. The van der Waals surface area contributed by atoms with E-state index >= 15 is 0 Å². The first-order valence-corrected chi connectivity index (χ1v) is 11.2. The van der Waals surface area contributed by atoms with Crippen molar-refractivity contribution in [1.29, 1.82) is 0 Å². The van der Waals surface area contributed by atoms with Gasteiger partial charge in [-0.2, -0.15) is 5.10 Å². The van der Waals surface area contributed by atoms with Crippen molar-refractivity contribution < 1.29 is 4.43 Å². The molecule has 1 heterocycles. The van der Waals surface area contributed by atoms with Gasteiger partial charge in [-0.3, -0.25) is 4.68 Å². The zero-order chi connectivity index (χ0) is 16.7. The van der Waals surface area contributed by atoms with E-state index in [2.05, 4.69) is 45.9 Å². The van der Waals surface area contributed by atoms with Gasteiger partial charge < -0.3 is 4.43 Å². The monoisotopic (exact) mass is 358 g/mol. The first kappa shape index (κ1) is 17.8. The molecule has 0 fully saturated rings. The highest BCUT2D eigenvalue weighted by atomic mass is 35.5. The molecule has 0 amide bonds. The summed E-state index contributed by atoms with van der Waals surface area (Å²) in [4.78, 5) is 0. The fourth-order valence-electron chi connectivity index (χ4n) is 2.17. The van der Waals surface area contributed by atoms with Crippen molar-refractivity contribution in [3.63, 3.8) is 0 Å². The Morgan fingerprint density at radius 3 is 2.50 bits per heavy atom. The largest absolute Gasteiger partial charge is 0.412 e. The first-order valence-electron chi connectivity index (χ1n) is 7.49. The van der Waals surface area contributed by atoms with E-state index in [1.807, 2.05) is 16.9 Å². The standard InChI is InChI=1S/C16H24Cl2N2OSi/c1-11(21-22(5,6)16(2,3)4)9-20-10-13-14(18)7-12(17)8-15(13)19-20/h7-8,10-11H,9H2,1-6H3. The van der Waals surface area contributed by atoms with Gasteiger partial charge in [0.2, 0.25) is 0 Å². The van der Waals surface area contributed by atoms with E-state index < -0.39 is 8.32 Å². The number of aromatic nitrogens is 2. The van der Waals surface area contributed by atoms with E-state index in [0.717, 1.165) is 10.9 Å². The van der Waals surface area contributed by atoms with E-state index in [9.17, 15) is 0 Å². The molecule has 2 aromatic rings. The Morgan fingerprint density at radius 2 is 1.91 bits per heavy atom. The van der Waals surface area contributed by atoms with Gasteiger partial charge in [0.15, 0.2) is 8.32 Å². The van der Waals surface area contributed by atoms with E-state index in [-0.39, 0.29) is 11.1 Å². The Labute approximate surface area is 143 Å². The summed E-state index contributed by atoms with van der Waals surface area (Å²) in [7, 11) is -1.77. The summed E-state index contributed by atoms with van der Waals surface area (Å²) in [6, 6.07) is 3.58.